The van der Waals surface area contributed by atoms with Crippen LogP contribution in [0.2, 0.25) is 0 Å². The summed E-state index contributed by atoms with van der Waals surface area (Å²) in [4.78, 5) is 12.6. The number of hydrogen-bond donors (Lipinski definition) is 2. The molecule has 2 rings (SSSR count). The highest BCUT2D eigenvalue weighted by Crippen LogP contribution is 2.41. The van der Waals surface area contributed by atoms with Gasteiger partial charge in [0.05, 0.1) is 6.20 Å². The molecular weight excluding hydrogens is 280 g/mol. The molecule has 0 saturated heterocycles. The van der Waals surface area contributed by atoms with E-state index in [1.165, 1.54) is 12.3 Å². The van der Waals surface area contributed by atoms with Gasteiger partial charge in [0.1, 0.15) is 11.7 Å². The molecule has 0 aliphatic carbocycles. The van der Waals surface area contributed by atoms with Crippen LogP contribution in [0.1, 0.15) is 5.56 Å². The van der Waals surface area contributed by atoms with Crippen LogP contribution in [0.4, 0.5) is 13.6 Å². The average molecular weight is 288 g/mol. The third-order valence-corrected chi connectivity index (χ3v) is 2.86. The summed E-state index contributed by atoms with van der Waals surface area (Å²) in [7, 11) is 0. The van der Waals surface area contributed by atoms with Gasteiger partial charge in [-0.15, -0.1) is 0 Å². The zero-order valence-electron chi connectivity index (χ0n) is 9.36. The van der Waals surface area contributed by atoms with Gasteiger partial charge in [0, 0.05) is 24.0 Å². The van der Waals surface area contributed by atoms with E-state index in [1.54, 1.807) is 0 Å². The summed E-state index contributed by atoms with van der Waals surface area (Å²) >= 11 is 6.08. The average Bonchev–Trinajstić information content (AvgIpc) is 2.34. The van der Waals surface area contributed by atoms with E-state index >= 15 is 0 Å². The number of pyridine rings is 1. The molecule has 1 amide bonds. The maximum atomic E-state index is 13.9. The molecule has 0 aromatic carbocycles. The second-order valence-electron chi connectivity index (χ2n) is 3.62. The topological polar surface area (TPSA) is 77.2 Å². The number of ether oxygens (including phenoxy) is 1. The van der Waals surface area contributed by atoms with Gasteiger partial charge >= 0.3 is 6.09 Å². The number of halogens is 3. The molecule has 1 unspecified atom stereocenters. The molecule has 100 valence electrons. The number of nitrogens with one attached hydrogen (secondary N) is 1. The first-order valence-electron chi connectivity index (χ1n) is 5.05. The number of carbonyl (C=O) groups excluding carboxylic acids is 1. The number of amides is 1. The minimum Gasteiger partial charge on any atom is -0.408 e. The van der Waals surface area contributed by atoms with Crippen LogP contribution in [-0.4, -0.2) is 11.1 Å². The monoisotopic (exact) mass is 287 g/mol. The van der Waals surface area contributed by atoms with E-state index in [4.69, 9.17) is 17.3 Å². The van der Waals surface area contributed by atoms with Gasteiger partial charge in [-0.3, -0.25) is 4.98 Å². The predicted molar refractivity (Wildman–Crippen MR) is 63.5 cm³/mol. The van der Waals surface area contributed by atoms with Gasteiger partial charge in [-0.2, -0.15) is 0 Å². The Balaban J connectivity index is 2.47. The molecule has 0 spiro atoms. The van der Waals surface area contributed by atoms with Gasteiger partial charge in [0.15, 0.2) is 10.7 Å². The normalized spacial score (nSPS) is 22.1. The zero-order valence-corrected chi connectivity index (χ0v) is 10.1. The molecule has 1 aliphatic heterocycles. The number of alkyl halides is 1. The van der Waals surface area contributed by atoms with Crippen molar-refractivity contribution >= 4 is 17.7 Å². The fraction of sp³-hybridized carbons (Fsp3) is 0.0909. The van der Waals surface area contributed by atoms with E-state index in [0.29, 0.717) is 6.08 Å². The smallest absolute Gasteiger partial charge is 0.408 e. The molecule has 1 atom stereocenters. The van der Waals surface area contributed by atoms with Crippen molar-refractivity contribution in [1.29, 1.82) is 0 Å². The standard InChI is InChI=1S/C11H8ClF2N3O2/c12-11(9(14)3-6(13)4-17-11)7-1-2-16-5-8(7)19-10(15)18/h1-5,17H,(H2,15,18). The summed E-state index contributed by atoms with van der Waals surface area (Å²) in [6.45, 7) is 0. The van der Waals surface area contributed by atoms with E-state index in [0.717, 1.165) is 12.4 Å². The fourth-order valence-corrected chi connectivity index (χ4v) is 1.83. The molecule has 5 nitrogen and oxygen atoms in total. The summed E-state index contributed by atoms with van der Waals surface area (Å²) in [5, 5.41) is 2.35. The van der Waals surface area contributed by atoms with Crippen LogP contribution >= 0.6 is 11.6 Å². The Morgan fingerprint density at radius 3 is 2.89 bits per heavy atom. The van der Waals surface area contributed by atoms with Crippen LogP contribution in [0.3, 0.4) is 0 Å². The first-order valence-corrected chi connectivity index (χ1v) is 5.43. The van der Waals surface area contributed by atoms with Crippen molar-refractivity contribution < 1.29 is 18.3 Å². The molecule has 19 heavy (non-hydrogen) atoms. The first-order chi connectivity index (χ1) is 8.93. The SMILES string of the molecule is NC(=O)Oc1cnccc1C1(Cl)NC=C(F)C=C1F. The molecular formula is C11H8ClF2N3O2. The number of nitrogens with two attached hydrogens (primary N) is 1. The second-order valence-corrected chi connectivity index (χ2v) is 4.18. The highest BCUT2D eigenvalue weighted by atomic mass is 35.5. The maximum Gasteiger partial charge on any atom is 0.410 e. The van der Waals surface area contributed by atoms with Gasteiger partial charge in [-0.25, -0.2) is 13.6 Å². The number of primary amides is 1. The number of dihydropyridines is 1. The summed E-state index contributed by atoms with van der Waals surface area (Å²) in [6.07, 6.45) is 2.88. The molecule has 0 bridgehead atoms. The maximum absolute atomic E-state index is 13.9. The van der Waals surface area contributed by atoms with Crippen LogP contribution in [0.15, 0.2) is 42.4 Å². The Morgan fingerprint density at radius 2 is 2.26 bits per heavy atom. The predicted octanol–water partition coefficient (Wildman–Crippen LogP) is 2.20. The molecule has 1 aliphatic rings. The molecule has 3 N–H and O–H groups in total. The number of aromatic nitrogens is 1. The first kappa shape index (κ1) is 13.3. The van der Waals surface area contributed by atoms with Crippen LogP contribution in [-0.2, 0) is 5.00 Å². The van der Waals surface area contributed by atoms with Crippen molar-refractivity contribution in [2.45, 2.75) is 5.00 Å². The number of hydrogen-bond acceptors (Lipinski definition) is 4. The van der Waals surface area contributed by atoms with Gasteiger partial charge in [-0.1, -0.05) is 11.6 Å². The molecule has 0 saturated carbocycles. The Labute approximate surface area is 111 Å². The van der Waals surface area contributed by atoms with Gasteiger partial charge < -0.3 is 15.8 Å². The van der Waals surface area contributed by atoms with Crippen molar-refractivity contribution in [2.24, 2.45) is 5.73 Å². The Hall–Kier alpha value is -2.15. The molecule has 1 aromatic heterocycles. The Kier molecular flexibility index (Phi) is 3.39. The lowest BCUT2D eigenvalue weighted by atomic mass is 10.0. The van der Waals surface area contributed by atoms with E-state index < -0.39 is 22.7 Å². The number of rotatable bonds is 2. The summed E-state index contributed by atoms with van der Waals surface area (Å²) in [5.41, 5.74) is 4.93. The van der Waals surface area contributed by atoms with Crippen molar-refractivity contribution in [3.8, 4) is 5.75 Å². The van der Waals surface area contributed by atoms with Crippen molar-refractivity contribution in [3.63, 3.8) is 0 Å². The van der Waals surface area contributed by atoms with Gasteiger partial charge in [-0.05, 0) is 6.07 Å². The lowest BCUT2D eigenvalue weighted by molar-refractivity contribution is 0.209. The Morgan fingerprint density at radius 1 is 1.53 bits per heavy atom. The minimum absolute atomic E-state index is 0.0421. The lowest BCUT2D eigenvalue weighted by Gasteiger charge is -2.29. The van der Waals surface area contributed by atoms with Crippen LogP contribution in [0.5, 0.6) is 5.75 Å². The fourth-order valence-electron chi connectivity index (χ4n) is 1.56. The van der Waals surface area contributed by atoms with Crippen molar-refractivity contribution in [2.75, 3.05) is 0 Å². The number of allylic oxidation sites excluding steroid dienone is 2. The molecule has 0 fully saturated rings. The third kappa shape index (κ3) is 2.50. The molecule has 0 radical (unpaired) electrons. The van der Waals surface area contributed by atoms with Gasteiger partial charge in [0.2, 0.25) is 0 Å². The summed E-state index contributed by atoms with van der Waals surface area (Å²) < 4.78 is 31.5. The summed E-state index contributed by atoms with van der Waals surface area (Å²) in [6, 6.07) is 1.32. The van der Waals surface area contributed by atoms with Crippen LogP contribution in [0, 0.1) is 0 Å². The van der Waals surface area contributed by atoms with Crippen molar-refractivity contribution in [3.05, 3.63) is 48.0 Å². The largest absolute Gasteiger partial charge is 0.410 e. The van der Waals surface area contributed by atoms with Crippen LogP contribution < -0.4 is 15.8 Å². The van der Waals surface area contributed by atoms with E-state index in [9.17, 15) is 13.6 Å². The molecule has 8 heteroatoms. The minimum atomic E-state index is -1.89. The number of carbonyl (C=O) groups is 1. The van der Waals surface area contributed by atoms with Crippen LogP contribution in [0.25, 0.3) is 0 Å². The zero-order chi connectivity index (χ0) is 14.0. The van der Waals surface area contributed by atoms with Crippen molar-refractivity contribution in [1.82, 2.24) is 10.3 Å². The Bertz CT molecular complexity index is 591. The van der Waals surface area contributed by atoms with E-state index in [1.807, 2.05) is 0 Å². The highest BCUT2D eigenvalue weighted by molar-refractivity contribution is 6.26. The molecule has 1 aromatic rings. The lowest BCUT2D eigenvalue weighted by Crippen LogP contribution is -2.37. The highest BCUT2D eigenvalue weighted by Gasteiger charge is 2.39. The summed E-state index contributed by atoms with van der Waals surface area (Å²) in [5.74, 6) is -1.94. The van der Waals surface area contributed by atoms with Gasteiger partial charge in [0.25, 0.3) is 0 Å². The van der Waals surface area contributed by atoms with E-state index in [-0.39, 0.29) is 11.3 Å². The quantitative estimate of drug-likeness (QED) is 0.646. The molecule has 2 heterocycles. The second kappa shape index (κ2) is 4.85. The third-order valence-electron chi connectivity index (χ3n) is 2.37. The van der Waals surface area contributed by atoms with E-state index in [2.05, 4.69) is 15.0 Å². The number of nitrogens with zero attached hydrogens (tertiary/aromatic N) is 1.